The molecule has 0 saturated carbocycles. The molecule has 2 aromatic rings. The number of hydrogen-bond acceptors (Lipinski definition) is 4. The van der Waals surface area contributed by atoms with E-state index in [4.69, 9.17) is 9.47 Å². The Balaban J connectivity index is 2.36. The van der Waals surface area contributed by atoms with Gasteiger partial charge in [0, 0.05) is 17.2 Å². The Morgan fingerprint density at radius 1 is 1.10 bits per heavy atom. The van der Waals surface area contributed by atoms with Crippen LogP contribution in [0.5, 0.6) is 11.5 Å². The highest BCUT2D eigenvalue weighted by atomic mass is 16.5. The molecule has 1 heterocycles. The molecule has 0 fully saturated rings. The third-order valence-electron chi connectivity index (χ3n) is 2.78. The van der Waals surface area contributed by atoms with E-state index in [0.29, 0.717) is 0 Å². The van der Waals surface area contributed by atoms with Crippen molar-refractivity contribution in [2.45, 2.75) is 26.3 Å². The van der Waals surface area contributed by atoms with E-state index in [0.717, 1.165) is 28.6 Å². The predicted octanol–water partition coefficient (Wildman–Crippen LogP) is 3.30. The molecule has 2 N–H and O–H groups in total. The Morgan fingerprint density at radius 2 is 1.85 bits per heavy atom. The van der Waals surface area contributed by atoms with Gasteiger partial charge in [0.25, 0.3) is 0 Å². The Labute approximate surface area is 119 Å². The van der Waals surface area contributed by atoms with Crippen LogP contribution in [0.4, 0.5) is 5.82 Å². The van der Waals surface area contributed by atoms with Crippen LogP contribution in [0.2, 0.25) is 0 Å². The smallest absolute Gasteiger partial charge is 0.148 e. The lowest BCUT2D eigenvalue weighted by molar-refractivity contribution is 0.404. The molecule has 108 valence electrons. The van der Waals surface area contributed by atoms with Gasteiger partial charge in [-0.25, -0.2) is 0 Å². The first-order chi connectivity index (χ1) is 9.43. The summed E-state index contributed by atoms with van der Waals surface area (Å²) in [7, 11) is 3.29. The molecule has 0 aliphatic rings. The fourth-order valence-corrected chi connectivity index (χ4v) is 1.93. The van der Waals surface area contributed by atoms with Crippen LogP contribution in [-0.2, 0) is 0 Å². The number of H-pyrrole nitrogens is 1. The van der Waals surface area contributed by atoms with E-state index in [1.165, 1.54) is 0 Å². The molecular weight excluding hydrogens is 254 g/mol. The van der Waals surface area contributed by atoms with Crippen LogP contribution in [0.1, 0.15) is 20.8 Å². The van der Waals surface area contributed by atoms with Crippen molar-refractivity contribution in [3.05, 3.63) is 24.3 Å². The Bertz CT molecular complexity index is 585. The summed E-state index contributed by atoms with van der Waals surface area (Å²) in [6, 6.07) is 7.63. The van der Waals surface area contributed by atoms with Gasteiger partial charge >= 0.3 is 0 Å². The standard InChI is InChI=1S/C15H21N3O2/c1-15(2,3)16-14-9-12(17-18-14)11-8-10(19-4)6-7-13(11)20-5/h6-9H,1-5H3,(H2,16,17,18). The lowest BCUT2D eigenvalue weighted by Crippen LogP contribution is -2.26. The zero-order valence-corrected chi connectivity index (χ0v) is 12.6. The fourth-order valence-electron chi connectivity index (χ4n) is 1.93. The van der Waals surface area contributed by atoms with Gasteiger partial charge in [0.1, 0.15) is 17.3 Å². The van der Waals surface area contributed by atoms with Crippen LogP contribution >= 0.6 is 0 Å². The number of rotatable bonds is 4. The van der Waals surface area contributed by atoms with Crippen molar-refractivity contribution < 1.29 is 9.47 Å². The molecule has 0 saturated heterocycles. The zero-order valence-electron chi connectivity index (χ0n) is 12.6. The minimum absolute atomic E-state index is 0.0368. The van der Waals surface area contributed by atoms with E-state index in [2.05, 4.69) is 36.3 Å². The van der Waals surface area contributed by atoms with Gasteiger partial charge in [0.15, 0.2) is 0 Å². The highest BCUT2D eigenvalue weighted by molar-refractivity contribution is 5.71. The van der Waals surface area contributed by atoms with E-state index in [9.17, 15) is 0 Å². The van der Waals surface area contributed by atoms with Crippen molar-refractivity contribution >= 4 is 5.82 Å². The first kappa shape index (κ1) is 14.2. The molecule has 2 rings (SSSR count). The van der Waals surface area contributed by atoms with Gasteiger partial charge < -0.3 is 14.8 Å². The lowest BCUT2D eigenvalue weighted by atomic mass is 10.1. The molecule has 0 bridgehead atoms. The summed E-state index contributed by atoms with van der Waals surface area (Å²) in [5.41, 5.74) is 1.76. The summed E-state index contributed by atoms with van der Waals surface area (Å²) in [5, 5.41) is 10.6. The van der Waals surface area contributed by atoms with Crippen LogP contribution in [0, 0.1) is 0 Å². The van der Waals surface area contributed by atoms with E-state index in [-0.39, 0.29) is 5.54 Å². The van der Waals surface area contributed by atoms with E-state index < -0.39 is 0 Å². The number of benzene rings is 1. The quantitative estimate of drug-likeness (QED) is 0.898. The Kier molecular flexibility index (Phi) is 3.88. The molecular formula is C15H21N3O2. The molecule has 0 spiro atoms. The SMILES string of the molecule is COc1ccc(OC)c(-c2cc(NC(C)(C)C)n[nH]2)c1. The summed E-state index contributed by atoms with van der Waals surface area (Å²) in [5.74, 6) is 2.36. The average molecular weight is 275 g/mol. The van der Waals surface area contributed by atoms with E-state index in [1.807, 2.05) is 24.3 Å². The highest BCUT2D eigenvalue weighted by Gasteiger charge is 2.14. The summed E-state index contributed by atoms with van der Waals surface area (Å²) >= 11 is 0. The Morgan fingerprint density at radius 3 is 2.45 bits per heavy atom. The maximum Gasteiger partial charge on any atom is 0.148 e. The number of aromatic nitrogens is 2. The molecule has 0 atom stereocenters. The minimum atomic E-state index is -0.0368. The van der Waals surface area contributed by atoms with Crippen molar-refractivity contribution in [2.75, 3.05) is 19.5 Å². The van der Waals surface area contributed by atoms with Crippen LogP contribution in [0.25, 0.3) is 11.3 Å². The molecule has 1 aromatic heterocycles. The van der Waals surface area contributed by atoms with Crippen molar-refractivity contribution in [2.24, 2.45) is 0 Å². The monoisotopic (exact) mass is 275 g/mol. The third-order valence-corrected chi connectivity index (χ3v) is 2.78. The van der Waals surface area contributed by atoms with Crippen LogP contribution < -0.4 is 14.8 Å². The van der Waals surface area contributed by atoms with Gasteiger partial charge in [-0.2, -0.15) is 5.10 Å². The molecule has 20 heavy (non-hydrogen) atoms. The second kappa shape index (κ2) is 5.45. The van der Waals surface area contributed by atoms with Gasteiger partial charge in [-0.05, 0) is 39.0 Å². The number of ether oxygens (including phenoxy) is 2. The first-order valence-electron chi connectivity index (χ1n) is 6.49. The maximum atomic E-state index is 5.39. The van der Waals surface area contributed by atoms with Gasteiger partial charge in [-0.3, -0.25) is 5.10 Å². The number of aromatic amines is 1. The van der Waals surface area contributed by atoms with Crippen LogP contribution in [0.3, 0.4) is 0 Å². The Hall–Kier alpha value is -2.17. The molecule has 0 amide bonds. The fraction of sp³-hybridized carbons (Fsp3) is 0.400. The van der Waals surface area contributed by atoms with Crippen LogP contribution in [0.15, 0.2) is 24.3 Å². The maximum absolute atomic E-state index is 5.39. The number of anilines is 1. The van der Waals surface area contributed by atoms with Gasteiger partial charge in [0.2, 0.25) is 0 Å². The topological polar surface area (TPSA) is 59.2 Å². The molecule has 5 heteroatoms. The molecule has 0 radical (unpaired) electrons. The summed E-state index contributed by atoms with van der Waals surface area (Å²) in [6.07, 6.45) is 0. The molecule has 0 aliphatic carbocycles. The van der Waals surface area contributed by atoms with Crippen molar-refractivity contribution in [1.29, 1.82) is 0 Å². The summed E-state index contributed by atoms with van der Waals surface area (Å²) in [6.45, 7) is 6.27. The van der Waals surface area contributed by atoms with Gasteiger partial charge in [-0.15, -0.1) is 0 Å². The molecule has 5 nitrogen and oxygen atoms in total. The van der Waals surface area contributed by atoms with Crippen LogP contribution in [-0.4, -0.2) is 30.0 Å². The largest absolute Gasteiger partial charge is 0.497 e. The number of nitrogens with zero attached hydrogens (tertiary/aromatic N) is 1. The van der Waals surface area contributed by atoms with Crippen molar-refractivity contribution in [3.8, 4) is 22.8 Å². The molecule has 0 aliphatic heterocycles. The highest BCUT2D eigenvalue weighted by Crippen LogP contribution is 2.33. The van der Waals surface area contributed by atoms with E-state index >= 15 is 0 Å². The second-order valence-electron chi connectivity index (χ2n) is 5.61. The normalized spacial score (nSPS) is 11.2. The predicted molar refractivity (Wildman–Crippen MR) is 80.5 cm³/mol. The number of nitrogens with one attached hydrogen (secondary N) is 2. The zero-order chi connectivity index (χ0) is 14.8. The molecule has 0 unspecified atom stereocenters. The average Bonchev–Trinajstić information content (AvgIpc) is 2.84. The van der Waals surface area contributed by atoms with Gasteiger partial charge in [0.05, 0.1) is 19.9 Å². The van der Waals surface area contributed by atoms with Crippen molar-refractivity contribution in [3.63, 3.8) is 0 Å². The summed E-state index contributed by atoms with van der Waals surface area (Å²) in [4.78, 5) is 0. The lowest BCUT2D eigenvalue weighted by Gasteiger charge is -2.19. The minimum Gasteiger partial charge on any atom is -0.497 e. The van der Waals surface area contributed by atoms with Gasteiger partial charge in [-0.1, -0.05) is 0 Å². The number of methoxy groups -OCH3 is 2. The van der Waals surface area contributed by atoms with Crippen molar-refractivity contribution in [1.82, 2.24) is 10.2 Å². The summed E-state index contributed by atoms with van der Waals surface area (Å²) < 4.78 is 10.6. The number of hydrogen-bond donors (Lipinski definition) is 2. The van der Waals surface area contributed by atoms with E-state index in [1.54, 1.807) is 14.2 Å². The first-order valence-corrected chi connectivity index (χ1v) is 6.49. The molecule has 1 aromatic carbocycles. The second-order valence-corrected chi connectivity index (χ2v) is 5.61. The third kappa shape index (κ3) is 3.23.